The number of hydrogen-bond acceptors (Lipinski definition) is 4. The van der Waals surface area contributed by atoms with E-state index in [4.69, 9.17) is 0 Å². The van der Waals surface area contributed by atoms with Gasteiger partial charge in [-0.15, -0.1) is 0 Å². The zero-order chi connectivity index (χ0) is 11.1. The fourth-order valence-corrected chi connectivity index (χ4v) is 0.917. The molecule has 4 nitrogen and oxygen atoms in total. The van der Waals surface area contributed by atoms with Crippen molar-refractivity contribution in [2.75, 3.05) is 6.61 Å². The lowest BCUT2D eigenvalue weighted by atomic mass is 10.2. The molecule has 0 N–H and O–H groups in total. The Morgan fingerprint density at radius 3 is 2.67 bits per heavy atom. The van der Waals surface area contributed by atoms with Gasteiger partial charge in [0.2, 0.25) is 0 Å². The summed E-state index contributed by atoms with van der Waals surface area (Å²) in [6.07, 6.45) is 5.94. The van der Waals surface area contributed by atoms with Gasteiger partial charge < -0.3 is 4.74 Å². The van der Waals surface area contributed by atoms with E-state index in [1.54, 1.807) is 37.5 Å². The van der Waals surface area contributed by atoms with Gasteiger partial charge in [0.25, 0.3) is 5.78 Å². The first-order valence-electron chi connectivity index (χ1n) is 4.53. The van der Waals surface area contributed by atoms with E-state index < -0.39 is 11.8 Å². The van der Waals surface area contributed by atoms with Crippen molar-refractivity contribution in [3.8, 4) is 0 Å². The second-order valence-electron chi connectivity index (χ2n) is 2.70. The van der Waals surface area contributed by atoms with Gasteiger partial charge in [-0.25, -0.2) is 4.79 Å². The number of nitrogens with zero attached hydrogens (tertiary/aromatic N) is 1. The number of ketones is 1. The molecule has 0 aliphatic rings. The van der Waals surface area contributed by atoms with Crippen LogP contribution in [0, 0.1) is 0 Å². The van der Waals surface area contributed by atoms with Crippen LogP contribution in [-0.4, -0.2) is 23.3 Å². The monoisotopic (exact) mass is 205 g/mol. The molecule has 0 radical (unpaired) electrons. The maximum Gasteiger partial charge on any atom is 0.379 e. The molecule has 15 heavy (non-hydrogen) atoms. The lowest BCUT2D eigenvalue weighted by Gasteiger charge is -1.95. The van der Waals surface area contributed by atoms with Crippen LogP contribution in [-0.2, 0) is 14.3 Å². The van der Waals surface area contributed by atoms with Crippen molar-refractivity contribution >= 4 is 17.8 Å². The molecule has 0 unspecified atom stereocenters. The van der Waals surface area contributed by atoms with E-state index in [-0.39, 0.29) is 6.61 Å². The third-order valence-electron chi connectivity index (χ3n) is 1.61. The summed E-state index contributed by atoms with van der Waals surface area (Å²) < 4.78 is 4.54. The summed E-state index contributed by atoms with van der Waals surface area (Å²) in [7, 11) is 0. The first-order chi connectivity index (χ1) is 7.24. The van der Waals surface area contributed by atoms with Crippen molar-refractivity contribution in [3.63, 3.8) is 0 Å². The molecule has 0 saturated carbocycles. The average Bonchev–Trinajstić information content (AvgIpc) is 2.27. The predicted octanol–water partition coefficient (Wildman–Crippen LogP) is 1.23. The van der Waals surface area contributed by atoms with Gasteiger partial charge in [-0.3, -0.25) is 9.78 Å². The van der Waals surface area contributed by atoms with Crippen LogP contribution in [0.15, 0.2) is 30.6 Å². The minimum atomic E-state index is -0.831. The summed E-state index contributed by atoms with van der Waals surface area (Å²) in [6, 6.07) is 3.46. The maximum absolute atomic E-state index is 11.1. The minimum absolute atomic E-state index is 0.202. The van der Waals surface area contributed by atoms with Crippen LogP contribution in [0.3, 0.4) is 0 Å². The molecular formula is C11H11NO3. The fraction of sp³-hybridized carbons (Fsp3) is 0.182. The van der Waals surface area contributed by atoms with Crippen LogP contribution in [0.5, 0.6) is 0 Å². The second kappa shape index (κ2) is 5.70. The van der Waals surface area contributed by atoms with Crippen molar-refractivity contribution < 1.29 is 14.3 Å². The van der Waals surface area contributed by atoms with E-state index >= 15 is 0 Å². The first-order valence-corrected chi connectivity index (χ1v) is 4.53. The normalized spacial score (nSPS) is 10.2. The standard InChI is InChI=1S/C11H11NO3/c1-2-15-11(14)10(13)4-3-9-5-7-12-8-6-9/h3-8H,2H2,1H3. The Bertz CT molecular complexity index is 371. The van der Waals surface area contributed by atoms with Crippen LogP contribution >= 0.6 is 0 Å². The van der Waals surface area contributed by atoms with E-state index in [1.165, 1.54) is 6.08 Å². The van der Waals surface area contributed by atoms with Gasteiger partial charge in [0.1, 0.15) is 0 Å². The highest BCUT2D eigenvalue weighted by Crippen LogP contribution is 1.99. The van der Waals surface area contributed by atoms with Crippen molar-refractivity contribution in [1.29, 1.82) is 0 Å². The third-order valence-corrected chi connectivity index (χ3v) is 1.61. The van der Waals surface area contributed by atoms with Gasteiger partial charge in [-0.1, -0.05) is 6.08 Å². The van der Waals surface area contributed by atoms with E-state index in [0.29, 0.717) is 0 Å². The van der Waals surface area contributed by atoms with E-state index in [2.05, 4.69) is 9.72 Å². The molecule has 0 amide bonds. The van der Waals surface area contributed by atoms with Gasteiger partial charge in [0.05, 0.1) is 6.61 Å². The Labute approximate surface area is 87.6 Å². The number of hydrogen-bond donors (Lipinski definition) is 0. The highest BCUT2D eigenvalue weighted by Gasteiger charge is 2.09. The summed E-state index contributed by atoms with van der Waals surface area (Å²) in [5.74, 6) is -1.49. The number of rotatable bonds is 4. The largest absolute Gasteiger partial charge is 0.460 e. The van der Waals surface area contributed by atoms with E-state index in [1.807, 2.05) is 0 Å². The highest BCUT2D eigenvalue weighted by molar-refractivity contribution is 6.39. The molecule has 1 aromatic rings. The Kier molecular flexibility index (Phi) is 4.22. The SMILES string of the molecule is CCOC(=O)C(=O)C=Cc1ccncc1. The van der Waals surface area contributed by atoms with Crippen molar-refractivity contribution in [1.82, 2.24) is 4.98 Å². The van der Waals surface area contributed by atoms with Crippen molar-refractivity contribution in [2.24, 2.45) is 0 Å². The number of ether oxygens (including phenoxy) is 1. The topological polar surface area (TPSA) is 56.3 Å². The second-order valence-corrected chi connectivity index (χ2v) is 2.70. The molecule has 0 fully saturated rings. The lowest BCUT2D eigenvalue weighted by Crippen LogP contribution is -2.14. The number of pyridine rings is 1. The number of carbonyl (C=O) groups excluding carboxylic acids is 2. The molecule has 0 atom stereocenters. The predicted molar refractivity (Wildman–Crippen MR) is 54.9 cm³/mol. The number of esters is 1. The molecule has 78 valence electrons. The molecule has 1 aromatic heterocycles. The maximum atomic E-state index is 11.1. The van der Waals surface area contributed by atoms with Crippen molar-refractivity contribution in [3.05, 3.63) is 36.2 Å². The average molecular weight is 205 g/mol. The molecule has 0 saturated heterocycles. The molecule has 0 bridgehead atoms. The molecule has 1 rings (SSSR count). The van der Waals surface area contributed by atoms with Crippen LogP contribution < -0.4 is 0 Å². The highest BCUT2D eigenvalue weighted by atomic mass is 16.5. The van der Waals surface area contributed by atoms with Gasteiger partial charge in [-0.2, -0.15) is 0 Å². The Hall–Kier alpha value is -1.97. The zero-order valence-electron chi connectivity index (χ0n) is 8.34. The van der Waals surface area contributed by atoms with Crippen LogP contribution in [0.1, 0.15) is 12.5 Å². The molecular weight excluding hydrogens is 194 g/mol. The quantitative estimate of drug-likeness (QED) is 0.421. The number of aromatic nitrogens is 1. The smallest absolute Gasteiger partial charge is 0.379 e. The molecule has 0 aliphatic carbocycles. The zero-order valence-corrected chi connectivity index (χ0v) is 8.34. The molecule has 0 spiro atoms. The van der Waals surface area contributed by atoms with Crippen LogP contribution in [0.25, 0.3) is 6.08 Å². The van der Waals surface area contributed by atoms with Gasteiger partial charge in [0, 0.05) is 12.4 Å². The molecule has 0 aromatic carbocycles. The molecule has 4 heteroatoms. The Balaban J connectivity index is 2.59. The Morgan fingerprint density at radius 2 is 2.07 bits per heavy atom. The van der Waals surface area contributed by atoms with Gasteiger partial charge in [0.15, 0.2) is 0 Å². The molecule has 0 aliphatic heterocycles. The number of carbonyl (C=O) groups is 2. The summed E-state index contributed by atoms with van der Waals surface area (Å²) >= 11 is 0. The van der Waals surface area contributed by atoms with E-state index in [0.717, 1.165) is 5.56 Å². The minimum Gasteiger partial charge on any atom is -0.460 e. The fourth-order valence-electron chi connectivity index (χ4n) is 0.917. The lowest BCUT2D eigenvalue weighted by molar-refractivity contribution is -0.151. The summed E-state index contributed by atoms with van der Waals surface area (Å²) in [5, 5.41) is 0. The third kappa shape index (κ3) is 3.72. The van der Waals surface area contributed by atoms with Crippen LogP contribution in [0.2, 0.25) is 0 Å². The summed E-state index contributed by atoms with van der Waals surface area (Å²) in [6.45, 7) is 1.85. The van der Waals surface area contributed by atoms with Gasteiger partial charge >= 0.3 is 5.97 Å². The molecule has 1 heterocycles. The Morgan fingerprint density at radius 1 is 1.40 bits per heavy atom. The summed E-state index contributed by atoms with van der Waals surface area (Å²) in [5.41, 5.74) is 0.808. The first kappa shape index (κ1) is 11.1. The van der Waals surface area contributed by atoms with E-state index in [9.17, 15) is 9.59 Å². The van der Waals surface area contributed by atoms with Crippen LogP contribution in [0.4, 0.5) is 0 Å². The van der Waals surface area contributed by atoms with Crippen molar-refractivity contribution in [2.45, 2.75) is 6.92 Å². The summed E-state index contributed by atoms with van der Waals surface area (Å²) in [4.78, 5) is 25.9. The van der Waals surface area contributed by atoms with Gasteiger partial charge in [-0.05, 0) is 30.7 Å².